The van der Waals surface area contributed by atoms with E-state index in [-0.39, 0.29) is 0 Å². The van der Waals surface area contributed by atoms with Crippen molar-refractivity contribution in [3.8, 4) is 0 Å². The minimum atomic E-state index is 0.328. The highest BCUT2D eigenvalue weighted by atomic mass is 16.5. The summed E-state index contributed by atoms with van der Waals surface area (Å²) in [6, 6.07) is 0. The largest absolute Gasteiger partial charge is 0.381 e. The number of hydrogen-bond acceptors (Lipinski definition) is 6. The molecule has 0 bridgehead atoms. The Kier molecular flexibility index (Phi) is 3.53. The molecule has 2 fully saturated rings. The molecule has 0 unspecified atom stereocenters. The maximum Gasteiger partial charge on any atom is 0.158 e. The Morgan fingerprint density at radius 3 is 2.82 bits per heavy atom. The number of rotatable bonds is 3. The molecule has 28 heavy (non-hydrogen) atoms. The van der Waals surface area contributed by atoms with Gasteiger partial charge in [-0.2, -0.15) is 10.2 Å². The van der Waals surface area contributed by atoms with Crippen LogP contribution in [0.4, 0.5) is 5.82 Å². The topological polar surface area (TPSA) is 73.4 Å². The van der Waals surface area contributed by atoms with Gasteiger partial charge in [0.1, 0.15) is 17.7 Å². The highest BCUT2D eigenvalue weighted by Gasteiger charge is 2.35. The number of imidazole rings is 1. The van der Waals surface area contributed by atoms with Crippen LogP contribution >= 0.6 is 0 Å². The molecule has 1 saturated carbocycles. The molecule has 3 aromatic rings. The van der Waals surface area contributed by atoms with Crippen LogP contribution in [0.1, 0.15) is 59.6 Å². The van der Waals surface area contributed by atoms with Crippen molar-refractivity contribution in [2.45, 2.75) is 51.0 Å². The van der Waals surface area contributed by atoms with E-state index in [4.69, 9.17) is 19.8 Å². The van der Waals surface area contributed by atoms with E-state index >= 15 is 0 Å². The molecule has 146 valence electrons. The Morgan fingerprint density at radius 1 is 1.14 bits per heavy atom. The van der Waals surface area contributed by atoms with Crippen molar-refractivity contribution in [2.24, 2.45) is 7.05 Å². The van der Waals surface area contributed by atoms with Crippen molar-refractivity contribution in [1.29, 1.82) is 0 Å². The quantitative estimate of drug-likeness (QED) is 0.694. The minimum absolute atomic E-state index is 0.328. The van der Waals surface area contributed by atoms with Gasteiger partial charge in [0.2, 0.25) is 0 Å². The van der Waals surface area contributed by atoms with Gasteiger partial charge in [-0.25, -0.2) is 14.5 Å². The van der Waals surface area contributed by atoms with E-state index in [1.165, 1.54) is 29.8 Å². The molecular weight excluding hydrogens is 354 g/mol. The van der Waals surface area contributed by atoms with Crippen molar-refractivity contribution in [3.63, 3.8) is 0 Å². The molecule has 8 heteroatoms. The molecule has 2 aliphatic heterocycles. The molecule has 1 aliphatic carbocycles. The van der Waals surface area contributed by atoms with Crippen LogP contribution in [-0.4, -0.2) is 49.1 Å². The van der Waals surface area contributed by atoms with Crippen molar-refractivity contribution < 1.29 is 4.74 Å². The van der Waals surface area contributed by atoms with E-state index in [0.717, 1.165) is 62.0 Å². The van der Waals surface area contributed by atoms with Crippen LogP contribution < -0.4 is 4.90 Å². The zero-order valence-corrected chi connectivity index (χ0v) is 16.4. The zero-order chi connectivity index (χ0) is 18.8. The van der Waals surface area contributed by atoms with Gasteiger partial charge < -0.3 is 9.64 Å². The molecule has 0 radical (unpaired) electrons. The van der Waals surface area contributed by atoms with Crippen LogP contribution in [0.15, 0.2) is 6.33 Å². The average molecular weight is 379 g/mol. The van der Waals surface area contributed by atoms with Crippen LogP contribution in [0.2, 0.25) is 0 Å². The molecule has 0 spiro atoms. The van der Waals surface area contributed by atoms with Gasteiger partial charge in [-0.05, 0) is 26.2 Å². The fraction of sp³-hybridized carbons (Fsp3) is 0.600. The summed E-state index contributed by atoms with van der Waals surface area (Å²) < 4.78 is 9.69. The summed E-state index contributed by atoms with van der Waals surface area (Å²) in [5.74, 6) is 2.89. The fourth-order valence-corrected chi connectivity index (χ4v) is 4.84. The van der Waals surface area contributed by atoms with Crippen molar-refractivity contribution in [3.05, 3.63) is 34.8 Å². The molecule has 0 N–H and O–H groups in total. The van der Waals surface area contributed by atoms with Gasteiger partial charge in [0, 0.05) is 56.3 Å². The standard InChI is InChI=1S/C20H25N7O/c1-12-23-18(14-6-8-28-10-14)19-20(21-11-22-27(12)19)26-7-5-16-15(9-26)17(13-3-4-13)24-25(16)2/h11,13-14H,3-10H2,1-2H3/t14-/m1/s1. The van der Waals surface area contributed by atoms with Crippen LogP contribution in [0.5, 0.6) is 0 Å². The van der Waals surface area contributed by atoms with Crippen LogP contribution in [0.3, 0.4) is 0 Å². The third-order valence-electron chi connectivity index (χ3n) is 6.46. The Balaban J connectivity index is 1.45. The lowest BCUT2D eigenvalue weighted by Crippen LogP contribution is -2.32. The molecule has 3 aromatic heterocycles. The average Bonchev–Trinajstić information content (AvgIpc) is 3.15. The maximum atomic E-state index is 5.64. The lowest BCUT2D eigenvalue weighted by atomic mass is 10.0. The molecular formula is C20H25N7O. The van der Waals surface area contributed by atoms with E-state index in [1.54, 1.807) is 6.33 Å². The smallest absolute Gasteiger partial charge is 0.158 e. The Hall–Kier alpha value is -2.48. The fourth-order valence-electron chi connectivity index (χ4n) is 4.84. The van der Waals surface area contributed by atoms with Crippen molar-refractivity contribution in [2.75, 3.05) is 24.7 Å². The molecule has 3 aliphatic rings. The number of ether oxygens (including phenoxy) is 1. The second-order valence-corrected chi connectivity index (χ2v) is 8.33. The molecule has 0 aromatic carbocycles. The van der Waals surface area contributed by atoms with E-state index in [2.05, 4.69) is 21.7 Å². The normalized spacial score (nSPS) is 22.2. The number of aryl methyl sites for hydroxylation is 2. The first-order valence-electron chi connectivity index (χ1n) is 10.3. The number of aromatic nitrogens is 6. The first-order chi connectivity index (χ1) is 13.7. The summed E-state index contributed by atoms with van der Waals surface area (Å²) in [7, 11) is 2.09. The Labute approximate surface area is 163 Å². The highest BCUT2D eigenvalue weighted by Crippen LogP contribution is 2.43. The predicted molar refractivity (Wildman–Crippen MR) is 104 cm³/mol. The summed E-state index contributed by atoms with van der Waals surface area (Å²) in [6.07, 6.45) is 6.21. The lowest BCUT2D eigenvalue weighted by molar-refractivity contribution is 0.193. The molecule has 5 heterocycles. The third kappa shape index (κ3) is 2.40. The SMILES string of the molecule is Cc1nc([C@@H]2CCOC2)c2c(N3CCc4c(c(C5CC5)nn4C)C3)ncnn12. The number of nitrogens with zero attached hydrogens (tertiary/aromatic N) is 7. The maximum absolute atomic E-state index is 5.64. The van der Waals surface area contributed by atoms with Gasteiger partial charge >= 0.3 is 0 Å². The minimum Gasteiger partial charge on any atom is -0.381 e. The molecule has 1 saturated heterocycles. The lowest BCUT2D eigenvalue weighted by Gasteiger charge is -2.29. The Bertz CT molecular complexity index is 1060. The van der Waals surface area contributed by atoms with Gasteiger partial charge in [-0.15, -0.1) is 0 Å². The zero-order valence-electron chi connectivity index (χ0n) is 16.4. The van der Waals surface area contributed by atoms with Gasteiger partial charge in [0.25, 0.3) is 0 Å². The van der Waals surface area contributed by atoms with Gasteiger partial charge in [0.05, 0.1) is 18.0 Å². The summed E-state index contributed by atoms with van der Waals surface area (Å²) in [4.78, 5) is 12.0. The molecule has 8 nitrogen and oxygen atoms in total. The summed E-state index contributed by atoms with van der Waals surface area (Å²) >= 11 is 0. The van der Waals surface area contributed by atoms with Crippen LogP contribution in [0, 0.1) is 6.92 Å². The summed E-state index contributed by atoms with van der Waals surface area (Å²) in [6.45, 7) is 5.36. The Morgan fingerprint density at radius 2 is 2.04 bits per heavy atom. The second kappa shape index (κ2) is 6.01. The van der Waals surface area contributed by atoms with E-state index in [1.807, 2.05) is 11.4 Å². The van der Waals surface area contributed by atoms with E-state index in [9.17, 15) is 0 Å². The number of hydrogen-bond donors (Lipinski definition) is 0. The van der Waals surface area contributed by atoms with Crippen molar-refractivity contribution >= 4 is 11.3 Å². The first kappa shape index (κ1) is 16.5. The van der Waals surface area contributed by atoms with E-state index < -0.39 is 0 Å². The second-order valence-electron chi connectivity index (χ2n) is 8.33. The van der Waals surface area contributed by atoms with Gasteiger partial charge in [-0.1, -0.05) is 0 Å². The van der Waals surface area contributed by atoms with E-state index in [0.29, 0.717) is 11.8 Å². The van der Waals surface area contributed by atoms with Gasteiger partial charge in [-0.3, -0.25) is 4.68 Å². The van der Waals surface area contributed by atoms with Gasteiger partial charge in [0.15, 0.2) is 5.82 Å². The predicted octanol–water partition coefficient (Wildman–Crippen LogP) is 2.11. The highest BCUT2D eigenvalue weighted by molar-refractivity contribution is 5.73. The molecule has 6 rings (SSSR count). The number of fused-ring (bicyclic) bond motifs is 2. The summed E-state index contributed by atoms with van der Waals surface area (Å²) in [5.41, 5.74) is 6.24. The molecule has 1 atom stereocenters. The van der Waals surface area contributed by atoms with Crippen LogP contribution in [-0.2, 0) is 24.8 Å². The van der Waals surface area contributed by atoms with Crippen molar-refractivity contribution in [1.82, 2.24) is 29.4 Å². The summed E-state index contributed by atoms with van der Waals surface area (Å²) in [5, 5.41) is 9.34. The molecule has 0 amide bonds. The third-order valence-corrected chi connectivity index (χ3v) is 6.46. The first-order valence-corrected chi connectivity index (χ1v) is 10.3. The monoisotopic (exact) mass is 379 g/mol. The number of anilines is 1. The van der Waals surface area contributed by atoms with Crippen LogP contribution in [0.25, 0.3) is 5.52 Å².